The van der Waals surface area contributed by atoms with Crippen LogP contribution in [-0.4, -0.2) is 5.11 Å². The normalized spacial score (nSPS) is 10.3. The molecule has 0 aromatic heterocycles. The largest absolute Gasteiger partial charge is 0.358 e. The Morgan fingerprint density at radius 2 is 1.82 bits per heavy atom. The second-order valence-corrected chi connectivity index (χ2v) is 5.60. The number of benzene rings is 2. The molecule has 2 rings (SSSR count). The molecule has 0 unspecified atom stereocenters. The number of thiocarbonyl (C=S) groups is 1. The Morgan fingerprint density at radius 3 is 2.55 bits per heavy atom. The summed E-state index contributed by atoms with van der Waals surface area (Å²) in [4.78, 5) is 0. The quantitative estimate of drug-likeness (QED) is 0.758. The zero-order valence-electron chi connectivity index (χ0n) is 12.7. The van der Waals surface area contributed by atoms with Gasteiger partial charge in [-0.2, -0.15) is 0 Å². The van der Waals surface area contributed by atoms with E-state index < -0.39 is 0 Å². The average molecular weight is 316 g/mol. The first kappa shape index (κ1) is 16.4. The van der Waals surface area contributed by atoms with Crippen molar-refractivity contribution in [2.75, 3.05) is 5.32 Å². The van der Waals surface area contributed by atoms with Crippen molar-refractivity contribution >= 4 is 23.0 Å². The number of anilines is 1. The molecule has 0 spiro atoms. The van der Waals surface area contributed by atoms with Crippen molar-refractivity contribution in [3.63, 3.8) is 0 Å². The summed E-state index contributed by atoms with van der Waals surface area (Å²) in [7, 11) is 0. The number of rotatable bonds is 6. The molecule has 0 fully saturated rings. The minimum atomic E-state index is -0.227. The van der Waals surface area contributed by atoms with Gasteiger partial charge in [0.25, 0.3) is 0 Å². The fraction of sp³-hybridized carbons (Fsp3) is 0.278. The molecule has 116 valence electrons. The van der Waals surface area contributed by atoms with Crippen LogP contribution in [0.3, 0.4) is 0 Å². The second kappa shape index (κ2) is 8.49. The first-order valence-electron chi connectivity index (χ1n) is 7.56. The molecule has 0 heterocycles. The molecular weight excluding hydrogens is 295 g/mol. The molecule has 0 amide bonds. The first-order chi connectivity index (χ1) is 10.7. The maximum Gasteiger partial charge on any atom is 0.171 e. The van der Waals surface area contributed by atoms with Crippen molar-refractivity contribution in [3.8, 4) is 0 Å². The topological polar surface area (TPSA) is 24.1 Å². The van der Waals surface area contributed by atoms with Crippen LogP contribution in [0.2, 0.25) is 0 Å². The number of para-hydroxylation sites is 1. The van der Waals surface area contributed by atoms with Crippen LogP contribution >= 0.6 is 12.2 Å². The third kappa shape index (κ3) is 5.11. The summed E-state index contributed by atoms with van der Waals surface area (Å²) in [5, 5.41) is 6.97. The molecule has 2 aromatic rings. The molecule has 0 bridgehead atoms. The fourth-order valence-corrected chi connectivity index (χ4v) is 2.36. The van der Waals surface area contributed by atoms with Gasteiger partial charge in [-0.25, -0.2) is 4.39 Å². The number of halogens is 1. The molecule has 4 heteroatoms. The summed E-state index contributed by atoms with van der Waals surface area (Å²) in [6.45, 7) is 2.76. The summed E-state index contributed by atoms with van der Waals surface area (Å²) in [5.41, 5.74) is 3.31. The Bertz CT molecular complexity index is 611. The lowest BCUT2D eigenvalue weighted by Gasteiger charge is -2.14. The van der Waals surface area contributed by atoms with E-state index in [9.17, 15) is 4.39 Å². The van der Waals surface area contributed by atoms with Crippen molar-refractivity contribution < 1.29 is 4.39 Å². The molecule has 0 saturated heterocycles. The van der Waals surface area contributed by atoms with E-state index in [1.165, 1.54) is 24.1 Å². The van der Waals surface area contributed by atoms with Crippen LogP contribution in [0.4, 0.5) is 10.1 Å². The van der Waals surface area contributed by atoms with E-state index in [0.29, 0.717) is 11.7 Å². The maximum absolute atomic E-state index is 12.9. The van der Waals surface area contributed by atoms with E-state index in [1.54, 1.807) is 12.1 Å². The fourth-order valence-electron chi connectivity index (χ4n) is 2.18. The van der Waals surface area contributed by atoms with Crippen molar-refractivity contribution in [1.29, 1.82) is 0 Å². The Hall–Kier alpha value is -1.94. The summed E-state index contributed by atoms with van der Waals surface area (Å²) in [6, 6.07) is 14.6. The van der Waals surface area contributed by atoms with Gasteiger partial charge >= 0.3 is 0 Å². The molecule has 0 atom stereocenters. The molecule has 0 saturated carbocycles. The zero-order valence-corrected chi connectivity index (χ0v) is 13.5. The van der Waals surface area contributed by atoms with Gasteiger partial charge in [0.2, 0.25) is 0 Å². The van der Waals surface area contributed by atoms with Gasteiger partial charge in [0.05, 0.1) is 0 Å². The summed E-state index contributed by atoms with van der Waals surface area (Å²) >= 11 is 5.34. The Kier molecular flexibility index (Phi) is 6.34. The highest BCUT2D eigenvalue weighted by molar-refractivity contribution is 7.80. The zero-order chi connectivity index (χ0) is 15.8. The molecule has 22 heavy (non-hydrogen) atoms. The average Bonchev–Trinajstić information content (AvgIpc) is 2.53. The Morgan fingerprint density at radius 1 is 1.09 bits per heavy atom. The number of hydrogen-bond acceptors (Lipinski definition) is 1. The van der Waals surface area contributed by atoms with E-state index >= 15 is 0 Å². The lowest BCUT2D eigenvalue weighted by Crippen LogP contribution is -2.28. The van der Waals surface area contributed by atoms with Crippen LogP contribution in [-0.2, 0) is 13.0 Å². The smallest absolute Gasteiger partial charge is 0.171 e. The third-order valence-electron chi connectivity index (χ3n) is 3.43. The number of nitrogens with one attached hydrogen (secondary N) is 2. The van der Waals surface area contributed by atoms with Gasteiger partial charge in [-0.3, -0.25) is 0 Å². The van der Waals surface area contributed by atoms with Gasteiger partial charge in [-0.15, -0.1) is 0 Å². The van der Waals surface area contributed by atoms with Crippen molar-refractivity contribution in [1.82, 2.24) is 5.32 Å². The summed E-state index contributed by atoms with van der Waals surface area (Å²) in [5.74, 6) is -0.227. The van der Waals surface area contributed by atoms with Gasteiger partial charge in [0.15, 0.2) is 5.11 Å². The Labute approximate surface area is 136 Å². The van der Waals surface area contributed by atoms with Crippen LogP contribution in [0, 0.1) is 5.82 Å². The van der Waals surface area contributed by atoms with Crippen LogP contribution in [0.1, 0.15) is 30.9 Å². The van der Waals surface area contributed by atoms with Crippen LogP contribution in [0.15, 0.2) is 48.5 Å². The number of unbranched alkanes of at least 4 members (excludes halogenated alkanes) is 1. The van der Waals surface area contributed by atoms with E-state index in [0.717, 1.165) is 24.1 Å². The molecule has 0 radical (unpaired) electrons. The number of aryl methyl sites for hydroxylation is 1. The highest BCUT2D eigenvalue weighted by atomic mass is 32.1. The van der Waals surface area contributed by atoms with Crippen LogP contribution < -0.4 is 10.6 Å². The Balaban J connectivity index is 1.90. The minimum Gasteiger partial charge on any atom is -0.358 e. The van der Waals surface area contributed by atoms with E-state index in [2.05, 4.69) is 23.6 Å². The predicted octanol–water partition coefficient (Wildman–Crippen LogP) is 4.65. The minimum absolute atomic E-state index is 0.227. The number of hydrogen-bond donors (Lipinski definition) is 2. The van der Waals surface area contributed by atoms with E-state index in [1.807, 2.05) is 18.2 Å². The molecular formula is C18H21FN2S. The summed E-state index contributed by atoms with van der Waals surface area (Å²) < 4.78 is 12.9. The molecule has 0 aliphatic heterocycles. The highest BCUT2D eigenvalue weighted by Crippen LogP contribution is 2.17. The standard InChI is InChI=1S/C18H21FN2S/c1-2-3-6-15-7-4-5-8-17(15)21-18(22)20-13-14-9-11-16(19)12-10-14/h4-5,7-12H,2-3,6,13H2,1H3,(H2,20,21,22). The van der Waals surface area contributed by atoms with Crippen molar-refractivity contribution in [2.24, 2.45) is 0 Å². The summed E-state index contributed by atoms with van der Waals surface area (Å²) in [6.07, 6.45) is 3.37. The van der Waals surface area contributed by atoms with Crippen LogP contribution in [0.25, 0.3) is 0 Å². The lowest BCUT2D eigenvalue weighted by molar-refractivity contribution is 0.627. The molecule has 2 N–H and O–H groups in total. The van der Waals surface area contributed by atoms with Gasteiger partial charge in [0.1, 0.15) is 5.82 Å². The van der Waals surface area contributed by atoms with Gasteiger partial charge in [0, 0.05) is 12.2 Å². The lowest BCUT2D eigenvalue weighted by atomic mass is 10.1. The maximum atomic E-state index is 12.9. The van der Waals surface area contributed by atoms with Gasteiger partial charge < -0.3 is 10.6 Å². The predicted molar refractivity (Wildman–Crippen MR) is 94.5 cm³/mol. The van der Waals surface area contributed by atoms with E-state index in [-0.39, 0.29) is 5.82 Å². The van der Waals surface area contributed by atoms with Crippen LogP contribution in [0.5, 0.6) is 0 Å². The van der Waals surface area contributed by atoms with Crippen molar-refractivity contribution in [2.45, 2.75) is 32.7 Å². The molecule has 0 aliphatic carbocycles. The molecule has 2 aromatic carbocycles. The van der Waals surface area contributed by atoms with Crippen molar-refractivity contribution in [3.05, 3.63) is 65.5 Å². The SMILES string of the molecule is CCCCc1ccccc1NC(=S)NCc1ccc(F)cc1. The monoisotopic (exact) mass is 316 g/mol. The third-order valence-corrected chi connectivity index (χ3v) is 3.68. The second-order valence-electron chi connectivity index (χ2n) is 5.19. The first-order valence-corrected chi connectivity index (χ1v) is 7.97. The highest BCUT2D eigenvalue weighted by Gasteiger charge is 2.03. The molecule has 2 nitrogen and oxygen atoms in total. The molecule has 0 aliphatic rings. The van der Waals surface area contributed by atoms with Gasteiger partial charge in [-0.1, -0.05) is 43.7 Å². The van der Waals surface area contributed by atoms with E-state index in [4.69, 9.17) is 12.2 Å². The van der Waals surface area contributed by atoms with Gasteiger partial charge in [-0.05, 0) is 54.4 Å².